The maximum Gasteiger partial charge on any atom is 0.0587 e. The van der Waals surface area contributed by atoms with Gasteiger partial charge in [0.05, 0.1) is 4.88 Å². The molecule has 2 rings (SSSR count). The highest BCUT2D eigenvalue weighted by molar-refractivity contribution is 9.10. The van der Waals surface area contributed by atoms with Crippen molar-refractivity contribution >= 4 is 38.6 Å². The average Bonchev–Trinajstić information content (AvgIpc) is 2.58. The fraction of sp³-hybridized carbons (Fsp3) is 0.200. The van der Waals surface area contributed by atoms with Crippen molar-refractivity contribution in [2.24, 2.45) is 0 Å². The summed E-state index contributed by atoms with van der Waals surface area (Å²) in [4.78, 5) is 5.44. The van der Waals surface area contributed by atoms with Crippen LogP contribution in [0.1, 0.15) is 9.75 Å². The van der Waals surface area contributed by atoms with Gasteiger partial charge in [-0.15, -0.1) is 22.7 Å². The summed E-state index contributed by atoms with van der Waals surface area (Å²) in [5.74, 6) is 0. The summed E-state index contributed by atoms with van der Waals surface area (Å²) in [6.45, 7) is 4.28. The Hall–Kier alpha value is -0.120. The molecule has 0 nitrogen and oxygen atoms in total. The van der Waals surface area contributed by atoms with Crippen LogP contribution < -0.4 is 0 Å². The molecule has 0 aliphatic carbocycles. The lowest BCUT2D eigenvalue weighted by atomic mass is 10.3. The van der Waals surface area contributed by atoms with Crippen molar-refractivity contribution in [1.82, 2.24) is 0 Å². The van der Waals surface area contributed by atoms with Gasteiger partial charge in [0.1, 0.15) is 0 Å². The summed E-state index contributed by atoms with van der Waals surface area (Å²) in [6.07, 6.45) is 0. The van der Waals surface area contributed by atoms with E-state index in [1.807, 2.05) is 22.7 Å². The molecule has 0 bridgehead atoms. The van der Waals surface area contributed by atoms with E-state index in [9.17, 15) is 0 Å². The zero-order chi connectivity index (χ0) is 9.42. The van der Waals surface area contributed by atoms with Crippen molar-refractivity contribution < 1.29 is 0 Å². The summed E-state index contributed by atoms with van der Waals surface area (Å²) in [7, 11) is 0. The minimum atomic E-state index is 1.22. The van der Waals surface area contributed by atoms with Gasteiger partial charge in [-0.25, -0.2) is 0 Å². The first kappa shape index (κ1) is 9.44. The number of hydrogen-bond acceptors (Lipinski definition) is 2. The standard InChI is InChI=1S/C10H9BrS2/c1-6-3-4-9(12-6)10-8(11)5-7(2)13-10/h3-5H,1-2H3. The third kappa shape index (κ3) is 1.87. The molecular formula is C10H9BrS2. The van der Waals surface area contributed by atoms with Crippen LogP contribution in [0.15, 0.2) is 22.7 Å². The number of aryl methyl sites for hydroxylation is 2. The van der Waals surface area contributed by atoms with Crippen LogP contribution in [0.25, 0.3) is 9.75 Å². The lowest BCUT2D eigenvalue weighted by Crippen LogP contribution is -1.61. The van der Waals surface area contributed by atoms with Crippen molar-refractivity contribution in [2.45, 2.75) is 13.8 Å². The van der Waals surface area contributed by atoms with E-state index in [2.05, 4.69) is 48.0 Å². The SMILES string of the molecule is Cc1ccc(-c2sc(C)cc2Br)s1. The molecule has 0 aromatic carbocycles. The van der Waals surface area contributed by atoms with E-state index in [0.29, 0.717) is 0 Å². The quantitative estimate of drug-likeness (QED) is 0.696. The highest BCUT2D eigenvalue weighted by Crippen LogP contribution is 2.39. The zero-order valence-corrected chi connectivity index (χ0v) is 10.6. The van der Waals surface area contributed by atoms with Crippen LogP contribution in [0, 0.1) is 13.8 Å². The monoisotopic (exact) mass is 272 g/mol. The van der Waals surface area contributed by atoms with Crippen molar-refractivity contribution in [1.29, 1.82) is 0 Å². The van der Waals surface area contributed by atoms with E-state index in [-0.39, 0.29) is 0 Å². The van der Waals surface area contributed by atoms with Crippen LogP contribution in [0.5, 0.6) is 0 Å². The van der Waals surface area contributed by atoms with E-state index in [0.717, 1.165) is 0 Å². The number of halogens is 1. The fourth-order valence-corrected chi connectivity index (χ4v) is 4.19. The summed E-state index contributed by atoms with van der Waals surface area (Å²) in [6, 6.07) is 6.53. The largest absolute Gasteiger partial charge is 0.140 e. The predicted octanol–water partition coefficient (Wildman–Crippen LogP) is 4.86. The minimum Gasteiger partial charge on any atom is -0.140 e. The Bertz CT molecular complexity index is 426. The third-order valence-corrected chi connectivity index (χ3v) is 4.89. The second-order valence-electron chi connectivity index (χ2n) is 2.94. The molecule has 0 N–H and O–H groups in total. The number of rotatable bonds is 1. The summed E-state index contributed by atoms with van der Waals surface area (Å²) >= 11 is 7.27. The summed E-state index contributed by atoms with van der Waals surface area (Å²) < 4.78 is 1.22. The Kier molecular flexibility index (Phi) is 2.58. The first-order chi connectivity index (χ1) is 6.16. The second-order valence-corrected chi connectivity index (χ2v) is 6.34. The molecule has 0 aliphatic heterocycles. The highest BCUT2D eigenvalue weighted by atomic mass is 79.9. The molecule has 0 aliphatic rings. The Morgan fingerprint density at radius 2 is 1.85 bits per heavy atom. The van der Waals surface area contributed by atoms with Gasteiger partial charge < -0.3 is 0 Å². The van der Waals surface area contributed by atoms with E-state index < -0.39 is 0 Å². The lowest BCUT2D eigenvalue weighted by Gasteiger charge is -1.91. The highest BCUT2D eigenvalue weighted by Gasteiger charge is 2.08. The van der Waals surface area contributed by atoms with Gasteiger partial charge in [-0.2, -0.15) is 0 Å². The van der Waals surface area contributed by atoms with Gasteiger partial charge >= 0.3 is 0 Å². The van der Waals surface area contributed by atoms with Crippen LogP contribution in [0.4, 0.5) is 0 Å². The molecule has 3 heteroatoms. The van der Waals surface area contributed by atoms with Gasteiger partial charge in [-0.05, 0) is 48.0 Å². The molecule has 0 radical (unpaired) electrons. The van der Waals surface area contributed by atoms with Gasteiger partial charge in [-0.1, -0.05) is 0 Å². The van der Waals surface area contributed by atoms with Crippen molar-refractivity contribution in [2.75, 3.05) is 0 Å². The fourth-order valence-electron chi connectivity index (χ4n) is 1.21. The molecule has 0 spiro atoms. The van der Waals surface area contributed by atoms with E-state index in [1.54, 1.807) is 0 Å². The molecule has 68 valence electrons. The second kappa shape index (κ2) is 3.56. The number of thiophene rings is 2. The summed E-state index contributed by atoms with van der Waals surface area (Å²) in [5, 5.41) is 0. The van der Waals surface area contributed by atoms with Crippen LogP contribution in [-0.2, 0) is 0 Å². The normalized spacial score (nSPS) is 10.7. The Labute approximate surface area is 94.4 Å². The van der Waals surface area contributed by atoms with Gasteiger partial charge in [-0.3, -0.25) is 0 Å². The van der Waals surface area contributed by atoms with Gasteiger partial charge in [0.25, 0.3) is 0 Å². The topological polar surface area (TPSA) is 0 Å². The van der Waals surface area contributed by atoms with Crippen LogP contribution in [0.3, 0.4) is 0 Å². The average molecular weight is 273 g/mol. The number of hydrogen-bond donors (Lipinski definition) is 0. The molecule has 0 atom stereocenters. The van der Waals surface area contributed by atoms with E-state index >= 15 is 0 Å². The maximum absolute atomic E-state index is 3.58. The Balaban J connectivity index is 2.51. The molecule has 2 aromatic rings. The Morgan fingerprint density at radius 3 is 2.31 bits per heavy atom. The Morgan fingerprint density at radius 1 is 1.08 bits per heavy atom. The minimum absolute atomic E-state index is 1.22. The smallest absolute Gasteiger partial charge is 0.0587 e. The van der Waals surface area contributed by atoms with Crippen molar-refractivity contribution in [3.63, 3.8) is 0 Å². The third-order valence-electron chi connectivity index (χ3n) is 1.77. The molecule has 0 amide bonds. The molecule has 0 saturated carbocycles. The maximum atomic E-state index is 3.58. The van der Waals surface area contributed by atoms with Crippen LogP contribution >= 0.6 is 38.6 Å². The predicted molar refractivity (Wildman–Crippen MR) is 64.8 cm³/mol. The molecule has 13 heavy (non-hydrogen) atoms. The van der Waals surface area contributed by atoms with Crippen molar-refractivity contribution in [3.05, 3.63) is 32.4 Å². The van der Waals surface area contributed by atoms with E-state index in [4.69, 9.17) is 0 Å². The van der Waals surface area contributed by atoms with Crippen molar-refractivity contribution in [3.8, 4) is 9.75 Å². The van der Waals surface area contributed by atoms with Gasteiger partial charge in [0.2, 0.25) is 0 Å². The molecule has 0 saturated heterocycles. The molecular weight excluding hydrogens is 264 g/mol. The van der Waals surface area contributed by atoms with E-state index in [1.165, 1.54) is 24.0 Å². The van der Waals surface area contributed by atoms with Gasteiger partial charge in [0.15, 0.2) is 0 Å². The molecule has 2 aromatic heterocycles. The lowest BCUT2D eigenvalue weighted by molar-refractivity contribution is 1.62. The summed E-state index contributed by atoms with van der Waals surface area (Å²) in [5.41, 5.74) is 0. The van der Waals surface area contributed by atoms with Crippen LogP contribution in [0.2, 0.25) is 0 Å². The zero-order valence-electron chi connectivity index (χ0n) is 7.43. The van der Waals surface area contributed by atoms with Crippen LogP contribution in [-0.4, -0.2) is 0 Å². The molecule has 2 heterocycles. The first-order valence-electron chi connectivity index (χ1n) is 3.99. The molecule has 0 fully saturated rings. The van der Waals surface area contributed by atoms with Gasteiger partial charge in [0, 0.05) is 19.1 Å². The molecule has 0 unspecified atom stereocenters. The first-order valence-corrected chi connectivity index (χ1v) is 6.42.